The second kappa shape index (κ2) is 9.64. The molecule has 0 saturated heterocycles. The van der Waals surface area contributed by atoms with Gasteiger partial charge in [0.05, 0.1) is 12.0 Å². The summed E-state index contributed by atoms with van der Waals surface area (Å²) in [6.07, 6.45) is 6.42. The summed E-state index contributed by atoms with van der Waals surface area (Å²) >= 11 is 0. The SMILES string of the molecule is COc1c(/C(C)=C/C(=O)NCCc2ccc(S(N)(=O)=O)cc2)cc2c3c(oc2c1C)CCCC3. The number of benzene rings is 2. The van der Waals surface area contributed by atoms with E-state index in [1.54, 1.807) is 25.3 Å². The third-order valence-electron chi connectivity index (χ3n) is 6.37. The molecule has 3 N–H and O–H groups in total. The molecular formula is C26H30N2O5S. The van der Waals surface area contributed by atoms with Gasteiger partial charge in [0.2, 0.25) is 15.9 Å². The number of hydrogen-bond donors (Lipinski definition) is 2. The summed E-state index contributed by atoms with van der Waals surface area (Å²) in [5, 5.41) is 9.13. The van der Waals surface area contributed by atoms with Crippen LogP contribution in [-0.2, 0) is 34.1 Å². The van der Waals surface area contributed by atoms with Crippen LogP contribution in [0.5, 0.6) is 5.75 Å². The number of allylic oxidation sites excluding steroid dienone is 1. The highest BCUT2D eigenvalue weighted by Gasteiger charge is 2.23. The fourth-order valence-corrected chi connectivity index (χ4v) is 5.11. The second-order valence-corrected chi connectivity index (χ2v) is 10.3. The lowest BCUT2D eigenvalue weighted by Crippen LogP contribution is -2.24. The molecule has 3 aromatic rings. The Morgan fingerprint density at radius 1 is 1.21 bits per heavy atom. The van der Waals surface area contributed by atoms with Crippen LogP contribution in [0.2, 0.25) is 0 Å². The van der Waals surface area contributed by atoms with Gasteiger partial charge in [-0.1, -0.05) is 12.1 Å². The lowest BCUT2D eigenvalue weighted by molar-refractivity contribution is -0.116. The van der Waals surface area contributed by atoms with Crippen molar-refractivity contribution >= 4 is 32.5 Å². The van der Waals surface area contributed by atoms with Crippen molar-refractivity contribution in [2.45, 2.75) is 50.8 Å². The van der Waals surface area contributed by atoms with Gasteiger partial charge >= 0.3 is 0 Å². The average Bonchev–Trinajstić information content (AvgIpc) is 3.18. The maximum Gasteiger partial charge on any atom is 0.244 e. The molecule has 2 aromatic carbocycles. The molecule has 4 rings (SSSR count). The maximum absolute atomic E-state index is 12.6. The maximum atomic E-state index is 12.6. The van der Waals surface area contributed by atoms with Gasteiger partial charge in [-0.25, -0.2) is 13.6 Å². The summed E-state index contributed by atoms with van der Waals surface area (Å²) in [4.78, 5) is 12.7. The third kappa shape index (κ3) is 4.88. The summed E-state index contributed by atoms with van der Waals surface area (Å²) in [5.74, 6) is 1.59. The molecule has 1 heterocycles. The van der Waals surface area contributed by atoms with Crippen molar-refractivity contribution in [3.8, 4) is 5.75 Å². The molecular weight excluding hydrogens is 452 g/mol. The molecule has 8 heteroatoms. The number of fused-ring (bicyclic) bond motifs is 3. The van der Waals surface area contributed by atoms with Gasteiger partial charge in [-0.05, 0) is 68.9 Å². The van der Waals surface area contributed by atoms with Crippen molar-refractivity contribution in [3.63, 3.8) is 0 Å². The number of hydrogen-bond acceptors (Lipinski definition) is 5. The van der Waals surface area contributed by atoms with Crippen molar-refractivity contribution in [1.29, 1.82) is 0 Å². The topological polar surface area (TPSA) is 112 Å². The molecule has 0 aliphatic heterocycles. The van der Waals surface area contributed by atoms with Crippen LogP contribution in [0.25, 0.3) is 16.5 Å². The van der Waals surface area contributed by atoms with E-state index in [9.17, 15) is 13.2 Å². The highest BCUT2D eigenvalue weighted by Crippen LogP contribution is 2.40. The van der Waals surface area contributed by atoms with Crippen LogP contribution >= 0.6 is 0 Å². The first-order valence-electron chi connectivity index (χ1n) is 11.4. The van der Waals surface area contributed by atoms with Crippen molar-refractivity contribution in [2.24, 2.45) is 5.14 Å². The zero-order valence-electron chi connectivity index (χ0n) is 19.7. The Kier molecular flexibility index (Phi) is 6.81. The Balaban J connectivity index is 1.50. The molecule has 34 heavy (non-hydrogen) atoms. The van der Waals surface area contributed by atoms with E-state index in [4.69, 9.17) is 14.3 Å². The molecule has 1 aliphatic rings. The van der Waals surface area contributed by atoms with Gasteiger partial charge in [0.15, 0.2) is 0 Å². The minimum absolute atomic E-state index is 0.0685. The molecule has 0 radical (unpaired) electrons. The number of carbonyl (C=O) groups is 1. The Morgan fingerprint density at radius 3 is 2.59 bits per heavy atom. The quantitative estimate of drug-likeness (QED) is 0.494. The van der Waals surface area contributed by atoms with Gasteiger partial charge in [-0.3, -0.25) is 4.79 Å². The van der Waals surface area contributed by atoms with Crippen LogP contribution in [-0.4, -0.2) is 28.0 Å². The molecule has 0 saturated carbocycles. The lowest BCUT2D eigenvalue weighted by atomic mass is 9.93. The first-order chi connectivity index (χ1) is 16.2. The van der Waals surface area contributed by atoms with Gasteiger partial charge in [-0.15, -0.1) is 0 Å². The zero-order chi connectivity index (χ0) is 24.5. The average molecular weight is 483 g/mol. The van der Waals surface area contributed by atoms with Crippen LogP contribution in [0.3, 0.4) is 0 Å². The number of ether oxygens (including phenoxy) is 1. The lowest BCUT2D eigenvalue weighted by Gasteiger charge is -2.13. The summed E-state index contributed by atoms with van der Waals surface area (Å²) in [5.41, 5.74) is 5.69. The first-order valence-corrected chi connectivity index (χ1v) is 12.9. The van der Waals surface area contributed by atoms with Crippen molar-refractivity contribution in [3.05, 3.63) is 64.4 Å². The summed E-state index contributed by atoms with van der Waals surface area (Å²) in [6, 6.07) is 8.41. The van der Waals surface area contributed by atoms with E-state index in [-0.39, 0.29) is 10.8 Å². The minimum Gasteiger partial charge on any atom is -0.496 e. The molecule has 180 valence electrons. The number of amides is 1. The fraction of sp³-hybridized carbons (Fsp3) is 0.346. The van der Waals surface area contributed by atoms with E-state index in [0.29, 0.717) is 13.0 Å². The number of methoxy groups -OCH3 is 1. The van der Waals surface area contributed by atoms with Gasteiger partial charge < -0.3 is 14.5 Å². The van der Waals surface area contributed by atoms with Gasteiger partial charge in [0.25, 0.3) is 0 Å². The van der Waals surface area contributed by atoms with Gasteiger partial charge in [0, 0.05) is 41.1 Å². The fourth-order valence-electron chi connectivity index (χ4n) is 4.59. The number of nitrogens with two attached hydrogens (primary N) is 1. The third-order valence-corrected chi connectivity index (χ3v) is 7.30. The van der Waals surface area contributed by atoms with Crippen LogP contribution in [0.4, 0.5) is 0 Å². The molecule has 1 aliphatic carbocycles. The molecule has 0 bridgehead atoms. The summed E-state index contributed by atoms with van der Waals surface area (Å²) < 4.78 is 34.6. The summed E-state index contributed by atoms with van der Waals surface area (Å²) in [7, 11) is -2.08. The van der Waals surface area contributed by atoms with E-state index < -0.39 is 10.0 Å². The number of rotatable bonds is 7. The smallest absolute Gasteiger partial charge is 0.244 e. The molecule has 0 atom stereocenters. The van der Waals surface area contributed by atoms with E-state index in [1.165, 1.54) is 17.7 Å². The van der Waals surface area contributed by atoms with Gasteiger partial charge in [-0.2, -0.15) is 0 Å². The Bertz CT molecular complexity index is 1370. The van der Waals surface area contributed by atoms with Crippen LogP contribution in [0, 0.1) is 6.92 Å². The summed E-state index contributed by atoms with van der Waals surface area (Å²) in [6.45, 7) is 4.32. The van der Waals surface area contributed by atoms with Crippen LogP contribution in [0.1, 0.15) is 47.8 Å². The number of primary sulfonamides is 1. The van der Waals surface area contributed by atoms with Gasteiger partial charge in [0.1, 0.15) is 17.1 Å². The number of nitrogens with one attached hydrogen (secondary N) is 1. The largest absolute Gasteiger partial charge is 0.496 e. The second-order valence-electron chi connectivity index (χ2n) is 8.73. The van der Waals surface area contributed by atoms with Crippen LogP contribution < -0.4 is 15.2 Å². The molecule has 0 unspecified atom stereocenters. The molecule has 1 aromatic heterocycles. The molecule has 0 fully saturated rings. The Labute approximate surface area is 200 Å². The Morgan fingerprint density at radius 2 is 1.91 bits per heavy atom. The van der Waals surface area contributed by atoms with Crippen LogP contribution in [0.15, 0.2) is 45.7 Å². The van der Waals surface area contributed by atoms with E-state index >= 15 is 0 Å². The number of aryl methyl sites for hydroxylation is 3. The number of sulfonamides is 1. The standard InChI is InChI=1S/C26H30N2O5S/c1-16(14-24(29)28-13-12-18-8-10-19(11-9-18)34(27,30)31)21-15-22-20-6-4-5-7-23(20)33-26(22)17(2)25(21)32-3/h8-11,14-15H,4-7,12-13H2,1-3H3,(H,28,29)(H2,27,30,31)/b16-14+. The van der Waals surface area contributed by atoms with Crippen molar-refractivity contribution in [2.75, 3.05) is 13.7 Å². The predicted octanol–water partition coefficient (Wildman–Crippen LogP) is 4.04. The Hall–Kier alpha value is -3.10. The van der Waals surface area contributed by atoms with E-state index in [0.717, 1.165) is 70.4 Å². The van der Waals surface area contributed by atoms with Crippen molar-refractivity contribution in [1.82, 2.24) is 5.32 Å². The minimum atomic E-state index is -3.71. The normalized spacial score (nSPS) is 14.2. The highest BCUT2D eigenvalue weighted by atomic mass is 32.2. The van der Waals surface area contributed by atoms with Crippen molar-refractivity contribution < 1.29 is 22.4 Å². The highest BCUT2D eigenvalue weighted by molar-refractivity contribution is 7.89. The van der Waals surface area contributed by atoms with E-state index in [1.807, 2.05) is 13.8 Å². The monoisotopic (exact) mass is 482 g/mol. The van der Waals surface area contributed by atoms with E-state index in [2.05, 4.69) is 11.4 Å². The molecule has 0 spiro atoms. The molecule has 1 amide bonds. The molecule has 7 nitrogen and oxygen atoms in total. The zero-order valence-corrected chi connectivity index (χ0v) is 20.6. The number of carbonyl (C=O) groups excluding carboxylic acids is 1. The first kappa shape index (κ1) is 24.0. The number of furan rings is 1. The predicted molar refractivity (Wildman–Crippen MR) is 132 cm³/mol.